The van der Waals surface area contributed by atoms with Gasteiger partial charge >= 0.3 is 5.97 Å². The van der Waals surface area contributed by atoms with E-state index in [0.29, 0.717) is 36.8 Å². The second-order valence-corrected chi connectivity index (χ2v) is 5.17. The summed E-state index contributed by atoms with van der Waals surface area (Å²) in [4.78, 5) is 22.1. The summed E-state index contributed by atoms with van der Waals surface area (Å²) in [6.45, 7) is 1.40. The number of rotatable bonds is 10. The Balaban J connectivity index is 2.29. The molecular weight excluding hydrogens is 294 g/mol. The van der Waals surface area contributed by atoms with Crippen LogP contribution in [0.25, 0.3) is 0 Å². The van der Waals surface area contributed by atoms with Gasteiger partial charge in [-0.05, 0) is 24.3 Å². The molecule has 0 saturated heterocycles. The third-order valence-electron chi connectivity index (χ3n) is 2.43. The Morgan fingerprint density at radius 3 is 2.57 bits per heavy atom. The molecule has 2 N–H and O–H groups in total. The monoisotopic (exact) mass is 313 g/mol. The molecule has 0 fully saturated rings. The van der Waals surface area contributed by atoms with E-state index in [4.69, 9.17) is 14.6 Å². The molecule has 1 aromatic rings. The van der Waals surface area contributed by atoms with E-state index in [1.165, 1.54) is 11.8 Å². The molecule has 0 aliphatic carbocycles. The molecule has 0 unspecified atom stereocenters. The van der Waals surface area contributed by atoms with Crippen LogP contribution < -0.4 is 10.1 Å². The number of hydrogen-bond acceptors (Lipinski definition) is 5. The van der Waals surface area contributed by atoms with Crippen molar-refractivity contribution in [2.24, 2.45) is 0 Å². The number of ether oxygens (including phenoxy) is 2. The second kappa shape index (κ2) is 10.1. The molecule has 1 amide bonds. The van der Waals surface area contributed by atoms with E-state index in [1.54, 1.807) is 31.4 Å². The van der Waals surface area contributed by atoms with Gasteiger partial charge in [0.15, 0.2) is 0 Å². The Kier molecular flexibility index (Phi) is 8.30. The molecule has 0 radical (unpaired) electrons. The molecular formula is C14H19NO5S. The van der Waals surface area contributed by atoms with Crippen molar-refractivity contribution in [2.75, 3.05) is 38.4 Å². The predicted octanol–water partition coefficient (Wildman–Crippen LogP) is 1.26. The fraction of sp³-hybridized carbons (Fsp3) is 0.429. The highest BCUT2D eigenvalue weighted by molar-refractivity contribution is 7.99. The Hall–Kier alpha value is -1.73. The summed E-state index contributed by atoms with van der Waals surface area (Å²) in [5, 5.41) is 11.2. The molecule has 0 atom stereocenters. The molecule has 7 heteroatoms. The van der Waals surface area contributed by atoms with Gasteiger partial charge in [-0.3, -0.25) is 9.59 Å². The van der Waals surface area contributed by atoms with E-state index < -0.39 is 5.97 Å². The number of carboxylic acid groups (broad SMARTS) is 1. The summed E-state index contributed by atoms with van der Waals surface area (Å²) >= 11 is 1.27. The third-order valence-corrected chi connectivity index (χ3v) is 3.37. The number of carbonyl (C=O) groups is 2. The molecule has 0 aliphatic heterocycles. The number of methoxy groups -OCH3 is 1. The Labute approximate surface area is 127 Å². The lowest BCUT2D eigenvalue weighted by Gasteiger charge is -2.07. The first-order valence-electron chi connectivity index (χ1n) is 6.43. The fourth-order valence-corrected chi connectivity index (χ4v) is 2.01. The minimum atomic E-state index is -0.851. The SMILES string of the molecule is COCCOc1ccc(C(=O)NCCSCC(=O)O)cc1. The van der Waals surface area contributed by atoms with E-state index in [9.17, 15) is 9.59 Å². The highest BCUT2D eigenvalue weighted by atomic mass is 32.2. The number of thioether (sulfide) groups is 1. The van der Waals surface area contributed by atoms with Crippen molar-refractivity contribution in [2.45, 2.75) is 0 Å². The van der Waals surface area contributed by atoms with E-state index in [0.717, 1.165) is 0 Å². The summed E-state index contributed by atoms with van der Waals surface area (Å²) < 4.78 is 10.3. The molecule has 0 saturated carbocycles. The van der Waals surface area contributed by atoms with Crippen molar-refractivity contribution in [3.05, 3.63) is 29.8 Å². The van der Waals surface area contributed by atoms with Gasteiger partial charge in [0.05, 0.1) is 12.4 Å². The molecule has 116 valence electrons. The quantitative estimate of drug-likeness (QED) is 0.633. The molecule has 6 nitrogen and oxygen atoms in total. The largest absolute Gasteiger partial charge is 0.491 e. The third kappa shape index (κ3) is 7.57. The Morgan fingerprint density at radius 1 is 1.24 bits per heavy atom. The number of aliphatic carboxylic acids is 1. The first-order valence-corrected chi connectivity index (χ1v) is 7.58. The minimum absolute atomic E-state index is 0.0450. The smallest absolute Gasteiger partial charge is 0.313 e. The maximum Gasteiger partial charge on any atom is 0.313 e. The summed E-state index contributed by atoms with van der Waals surface area (Å²) in [6, 6.07) is 6.82. The zero-order chi connectivity index (χ0) is 15.5. The van der Waals surface area contributed by atoms with Gasteiger partial charge in [0.2, 0.25) is 0 Å². The van der Waals surface area contributed by atoms with Crippen LogP contribution in [0.4, 0.5) is 0 Å². The second-order valence-electron chi connectivity index (χ2n) is 4.07. The summed E-state index contributed by atoms with van der Waals surface area (Å²) in [7, 11) is 1.60. The van der Waals surface area contributed by atoms with Gasteiger partial charge < -0.3 is 19.9 Å². The zero-order valence-electron chi connectivity index (χ0n) is 11.8. The van der Waals surface area contributed by atoms with Gasteiger partial charge in [0, 0.05) is 25.0 Å². The van der Waals surface area contributed by atoms with Crippen LogP contribution in [-0.2, 0) is 9.53 Å². The van der Waals surface area contributed by atoms with Crippen molar-refractivity contribution in [3.63, 3.8) is 0 Å². The Bertz CT molecular complexity index is 449. The lowest BCUT2D eigenvalue weighted by Crippen LogP contribution is -2.25. The van der Waals surface area contributed by atoms with Gasteiger partial charge in [0.1, 0.15) is 12.4 Å². The van der Waals surface area contributed by atoms with Crippen molar-refractivity contribution >= 4 is 23.6 Å². The topological polar surface area (TPSA) is 84.9 Å². The van der Waals surface area contributed by atoms with Gasteiger partial charge in [0.25, 0.3) is 5.91 Å². The highest BCUT2D eigenvalue weighted by Crippen LogP contribution is 2.12. The maximum atomic E-state index is 11.8. The molecule has 0 heterocycles. The van der Waals surface area contributed by atoms with Crippen LogP contribution in [0.3, 0.4) is 0 Å². The summed E-state index contributed by atoms with van der Waals surface area (Å²) in [6.07, 6.45) is 0. The number of benzene rings is 1. The first kappa shape index (κ1) is 17.3. The predicted molar refractivity (Wildman–Crippen MR) is 81.1 cm³/mol. The standard InChI is InChI=1S/C14H19NO5S/c1-19-7-8-20-12-4-2-11(3-5-12)14(18)15-6-9-21-10-13(16)17/h2-5H,6-10H2,1H3,(H,15,18)(H,16,17). The zero-order valence-corrected chi connectivity index (χ0v) is 12.6. The van der Waals surface area contributed by atoms with Crippen LogP contribution in [0.15, 0.2) is 24.3 Å². The summed E-state index contributed by atoms with van der Waals surface area (Å²) in [5.74, 6) is 0.255. The van der Waals surface area contributed by atoms with Gasteiger partial charge in [-0.15, -0.1) is 11.8 Å². The molecule has 0 aromatic heterocycles. The number of amides is 1. The van der Waals surface area contributed by atoms with Crippen LogP contribution >= 0.6 is 11.8 Å². The van der Waals surface area contributed by atoms with Gasteiger partial charge in [-0.25, -0.2) is 0 Å². The molecule has 0 spiro atoms. The highest BCUT2D eigenvalue weighted by Gasteiger charge is 2.05. The molecule has 1 aromatic carbocycles. The van der Waals surface area contributed by atoms with E-state index in [1.807, 2.05) is 0 Å². The van der Waals surface area contributed by atoms with Gasteiger partial charge in [-0.2, -0.15) is 0 Å². The molecule has 0 aliphatic rings. The fourth-order valence-electron chi connectivity index (χ4n) is 1.44. The van der Waals surface area contributed by atoms with Crippen molar-refractivity contribution < 1.29 is 24.2 Å². The number of nitrogens with one attached hydrogen (secondary N) is 1. The van der Waals surface area contributed by atoms with Crippen molar-refractivity contribution in [1.29, 1.82) is 0 Å². The number of carboxylic acids is 1. The maximum absolute atomic E-state index is 11.8. The van der Waals surface area contributed by atoms with E-state index in [2.05, 4.69) is 5.32 Å². The van der Waals surface area contributed by atoms with E-state index >= 15 is 0 Å². The average molecular weight is 313 g/mol. The van der Waals surface area contributed by atoms with Crippen LogP contribution in [0.5, 0.6) is 5.75 Å². The lowest BCUT2D eigenvalue weighted by molar-refractivity contribution is -0.133. The van der Waals surface area contributed by atoms with Crippen LogP contribution in [-0.4, -0.2) is 55.4 Å². The van der Waals surface area contributed by atoms with Crippen LogP contribution in [0.1, 0.15) is 10.4 Å². The molecule has 1 rings (SSSR count). The average Bonchev–Trinajstić information content (AvgIpc) is 2.47. The van der Waals surface area contributed by atoms with Crippen molar-refractivity contribution in [3.8, 4) is 5.75 Å². The summed E-state index contributed by atoms with van der Waals surface area (Å²) in [5.41, 5.74) is 0.539. The Morgan fingerprint density at radius 2 is 1.95 bits per heavy atom. The number of carbonyl (C=O) groups excluding carboxylic acids is 1. The van der Waals surface area contributed by atoms with E-state index in [-0.39, 0.29) is 11.7 Å². The van der Waals surface area contributed by atoms with Gasteiger partial charge in [-0.1, -0.05) is 0 Å². The van der Waals surface area contributed by atoms with Crippen LogP contribution in [0, 0.1) is 0 Å². The van der Waals surface area contributed by atoms with Crippen LogP contribution in [0.2, 0.25) is 0 Å². The van der Waals surface area contributed by atoms with Crippen molar-refractivity contribution in [1.82, 2.24) is 5.32 Å². The minimum Gasteiger partial charge on any atom is -0.491 e. The molecule has 0 bridgehead atoms. The molecule has 21 heavy (non-hydrogen) atoms. The normalized spacial score (nSPS) is 10.1. The lowest BCUT2D eigenvalue weighted by atomic mass is 10.2. The number of hydrogen-bond donors (Lipinski definition) is 2. The first-order chi connectivity index (χ1) is 10.1.